The lowest BCUT2D eigenvalue weighted by molar-refractivity contribution is -0.130. The van der Waals surface area contributed by atoms with Crippen molar-refractivity contribution in [3.8, 4) is 0 Å². The first-order valence-electron chi connectivity index (χ1n) is 7.85. The Balaban J connectivity index is 1.81. The number of hydrogen-bond acceptors (Lipinski definition) is 5. The molecular formula is C15H23N3O4S. The van der Waals surface area contributed by atoms with Gasteiger partial charge in [-0.05, 0) is 18.8 Å². The zero-order chi connectivity index (χ0) is 16.6. The smallest absolute Gasteiger partial charge is 0.238 e. The van der Waals surface area contributed by atoms with Crippen LogP contribution in [-0.2, 0) is 32.5 Å². The van der Waals surface area contributed by atoms with Crippen LogP contribution in [0.3, 0.4) is 0 Å². The molecular weight excluding hydrogens is 318 g/mol. The molecule has 1 saturated carbocycles. The van der Waals surface area contributed by atoms with Crippen LogP contribution in [0.2, 0.25) is 0 Å². The number of ether oxygens (including phenoxy) is 1. The van der Waals surface area contributed by atoms with Gasteiger partial charge in [-0.1, -0.05) is 0 Å². The molecule has 3 rings (SSSR count). The summed E-state index contributed by atoms with van der Waals surface area (Å²) in [7, 11) is -1.69. The maximum Gasteiger partial charge on any atom is 0.238 e. The van der Waals surface area contributed by atoms with E-state index < -0.39 is 15.6 Å². The van der Waals surface area contributed by atoms with E-state index in [1.165, 1.54) is 12.8 Å². The van der Waals surface area contributed by atoms with E-state index in [0.29, 0.717) is 19.7 Å². The van der Waals surface area contributed by atoms with Gasteiger partial charge in [0.05, 0.1) is 25.2 Å². The molecule has 1 aromatic rings. The van der Waals surface area contributed by atoms with E-state index in [-0.39, 0.29) is 11.8 Å². The average molecular weight is 341 g/mol. The Hall–Kier alpha value is -1.41. The maximum absolute atomic E-state index is 12.2. The Morgan fingerprint density at radius 3 is 2.78 bits per heavy atom. The summed E-state index contributed by atoms with van der Waals surface area (Å²) in [5.41, 5.74) is 2.00. The number of carbonyl (C=O) groups is 1. The molecule has 128 valence electrons. The second-order valence-electron chi connectivity index (χ2n) is 6.67. The number of methoxy groups -OCH3 is 1. The number of hydrogen-bond donors (Lipinski definition) is 0. The highest BCUT2D eigenvalue weighted by Crippen LogP contribution is 2.34. The van der Waals surface area contributed by atoms with Crippen molar-refractivity contribution in [3.05, 3.63) is 17.7 Å². The highest BCUT2D eigenvalue weighted by atomic mass is 32.2. The summed E-state index contributed by atoms with van der Waals surface area (Å²) in [5.74, 6) is -0.0453. The number of aromatic nitrogens is 2. The summed E-state index contributed by atoms with van der Waals surface area (Å²) >= 11 is 0. The summed E-state index contributed by atoms with van der Waals surface area (Å²) in [6, 6.07) is 0. The van der Waals surface area contributed by atoms with Crippen molar-refractivity contribution in [2.45, 2.75) is 31.8 Å². The van der Waals surface area contributed by atoms with Crippen LogP contribution in [-0.4, -0.2) is 61.0 Å². The third-order valence-corrected chi connectivity index (χ3v) is 5.16. The lowest BCUT2D eigenvalue weighted by atomic mass is 9.98. The van der Waals surface area contributed by atoms with E-state index in [4.69, 9.17) is 4.74 Å². The molecule has 0 saturated heterocycles. The molecule has 0 spiro atoms. The summed E-state index contributed by atoms with van der Waals surface area (Å²) in [5, 5.41) is 0. The first kappa shape index (κ1) is 16.4. The minimum absolute atomic E-state index is 0.0357. The first-order chi connectivity index (χ1) is 10.9. The van der Waals surface area contributed by atoms with Gasteiger partial charge in [-0.15, -0.1) is 0 Å². The molecule has 2 aliphatic rings. The van der Waals surface area contributed by atoms with Gasteiger partial charge in [-0.25, -0.2) is 13.4 Å². The average Bonchev–Trinajstić information content (AvgIpc) is 3.17. The normalized spacial score (nSPS) is 21.3. The molecule has 1 atom stereocenters. The molecule has 0 N–H and O–H groups in total. The van der Waals surface area contributed by atoms with Gasteiger partial charge in [0.2, 0.25) is 5.91 Å². The number of amides is 1. The highest BCUT2D eigenvalue weighted by molar-refractivity contribution is 7.91. The molecule has 0 unspecified atom stereocenters. The van der Waals surface area contributed by atoms with Crippen LogP contribution in [0.25, 0.3) is 0 Å². The quantitative estimate of drug-likeness (QED) is 0.748. The molecule has 1 amide bonds. The molecule has 0 aromatic carbocycles. The fourth-order valence-corrected chi connectivity index (χ4v) is 3.82. The lowest BCUT2D eigenvalue weighted by Crippen LogP contribution is -2.42. The highest BCUT2D eigenvalue weighted by Gasteiger charge is 2.34. The number of rotatable bonds is 6. The third-order valence-electron chi connectivity index (χ3n) is 4.38. The number of fused-ring (bicyclic) bond motifs is 1. The zero-order valence-corrected chi connectivity index (χ0v) is 14.4. The summed E-state index contributed by atoms with van der Waals surface area (Å²) in [6.45, 7) is 2.32. The molecule has 1 aliphatic carbocycles. The van der Waals surface area contributed by atoms with Gasteiger partial charge in [0, 0.05) is 38.1 Å². The molecule has 1 fully saturated rings. The van der Waals surface area contributed by atoms with Crippen molar-refractivity contribution in [1.29, 1.82) is 0 Å². The summed E-state index contributed by atoms with van der Waals surface area (Å²) in [6.07, 6.45) is 5.45. The Bertz CT molecular complexity index is 694. The number of imidazole rings is 1. The SMILES string of the molecule is COC[C@@H]1CN(C(=O)CS(C)(=O)=O)Cc2ncn(CC3CC3)c21. The van der Waals surface area contributed by atoms with Gasteiger partial charge in [0.15, 0.2) is 9.84 Å². The largest absolute Gasteiger partial charge is 0.384 e. The van der Waals surface area contributed by atoms with Crippen molar-refractivity contribution in [3.63, 3.8) is 0 Å². The van der Waals surface area contributed by atoms with Crippen LogP contribution in [0, 0.1) is 5.92 Å². The van der Waals surface area contributed by atoms with E-state index in [9.17, 15) is 13.2 Å². The van der Waals surface area contributed by atoms with Crippen LogP contribution in [0.1, 0.15) is 30.1 Å². The van der Waals surface area contributed by atoms with Crippen LogP contribution in [0.5, 0.6) is 0 Å². The fourth-order valence-electron chi connectivity index (χ4n) is 3.19. The van der Waals surface area contributed by atoms with Gasteiger partial charge in [0.1, 0.15) is 5.75 Å². The predicted octanol–water partition coefficient (Wildman–Crippen LogP) is 0.410. The predicted molar refractivity (Wildman–Crippen MR) is 84.7 cm³/mol. The van der Waals surface area contributed by atoms with Crippen LogP contribution >= 0.6 is 0 Å². The molecule has 1 aromatic heterocycles. The fraction of sp³-hybridized carbons (Fsp3) is 0.733. The Morgan fingerprint density at radius 2 is 2.17 bits per heavy atom. The molecule has 0 radical (unpaired) electrons. The number of nitrogens with zero attached hydrogens (tertiary/aromatic N) is 3. The molecule has 8 heteroatoms. The molecule has 0 bridgehead atoms. The maximum atomic E-state index is 12.2. The molecule has 23 heavy (non-hydrogen) atoms. The molecule has 2 heterocycles. The van der Waals surface area contributed by atoms with E-state index in [0.717, 1.165) is 30.1 Å². The van der Waals surface area contributed by atoms with Gasteiger partial charge in [-0.2, -0.15) is 0 Å². The minimum atomic E-state index is -3.33. The minimum Gasteiger partial charge on any atom is -0.384 e. The molecule has 1 aliphatic heterocycles. The Kier molecular flexibility index (Phi) is 4.46. The van der Waals surface area contributed by atoms with Crippen LogP contribution in [0.4, 0.5) is 0 Å². The van der Waals surface area contributed by atoms with E-state index >= 15 is 0 Å². The van der Waals surface area contributed by atoms with E-state index in [1.807, 2.05) is 6.33 Å². The van der Waals surface area contributed by atoms with Gasteiger partial charge < -0.3 is 14.2 Å². The van der Waals surface area contributed by atoms with Gasteiger partial charge in [0.25, 0.3) is 0 Å². The second-order valence-corrected chi connectivity index (χ2v) is 8.81. The summed E-state index contributed by atoms with van der Waals surface area (Å²) in [4.78, 5) is 18.3. The zero-order valence-electron chi connectivity index (χ0n) is 13.6. The van der Waals surface area contributed by atoms with Crippen molar-refractivity contribution in [1.82, 2.24) is 14.5 Å². The van der Waals surface area contributed by atoms with Gasteiger partial charge in [-0.3, -0.25) is 4.79 Å². The first-order valence-corrected chi connectivity index (χ1v) is 9.91. The van der Waals surface area contributed by atoms with Crippen molar-refractivity contribution < 1.29 is 17.9 Å². The van der Waals surface area contributed by atoms with Crippen molar-refractivity contribution >= 4 is 15.7 Å². The van der Waals surface area contributed by atoms with Crippen LogP contribution in [0.15, 0.2) is 6.33 Å². The monoisotopic (exact) mass is 341 g/mol. The molecule has 7 nitrogen and oxygen atoms in total. The number of sulfone groups is 1. The standard InChI is InChI=1S/C15H23N3O4S/c1-22-8-12-6-17(14(19)9-23(2,20)21)7-13-15(12)18(10-16-13)5-11-3-4-11/h10-12H,3-9H2,1-2H3/t12-/m0/s1. The Morgan fingerprint density at radius 1 is 1.43 bits per heavy atom. The van der Waals surface area contributed by atoms with E-state index in [1.54, 1.807) is 12.0 Å². The third kappa shape index (κ3) is 3.92. The van der Waals surface area contributed by atoms with Gasteiger partial charge >= 0.3 is 0 Å². The second kappa shape index (κ2) is 6.24. The van der Waals surface area contributed by atoms with Crippen molar-refractivity contribution in [2.24, 2.45) is 5.92 Å². The van der Waals surface area contributed by atoms with Crippen LogP contribution < -0.4 is 0 Å². The summed E-state index contributed by atoms with van der Waals surface area (Å²) < 4.78 is 30.3. The number of carbonyl (C=O) groups excluding carboxylic acids is 1. The van der Waals surface area contributed by atoms with E-state index in [2.05, 4.69) is 9.55 Å². The topological polar surface area (TPSA) is 81.5 Å². The van der Waals surface area contributed by atoms with Crippen molar-refractivity contribution in [2.75, 3.05) is 32.3 Å². The lowest BCUT2D eigenvalue weighted by Gasteiger charge is -2.33. The Labute approximate surface area is 136 Å².